The molecular formula is C34H41N7O4S. The molecule has 11 nitrogen and oxygen atoms in total. The molecule has 242 valence electrons. The van der Waals surface area contributed by atoms with Gasteiger partial charge in [0, 0.05) is 48.7 Å². The van der Waals surface area contributed by atoms with Crippen molar-refractivity contribution in [3.8, 4) is 11.5 Å². The van der Waals surface area contributed by atoms with Crippen molar-refractivity contribution in [2.75, 3.05) is 62.3 Å². The molecule has 1 unspecified atom stereocenters. The summed E-state index contributed by atoms with van der Waals surface area (Å²) in [6.45, 7) is 4.61. The fraction of sp³-hybridized carbons (Fsp3) is 0.382. The zero-order chi connectivity index (χ0) is 31.9. The molecule has 3 N–H and O–H groups in total. The van der Waals surface area contributed by atoms with Gasteiger partial charge in [-0.3, -0.25) is 14.4 Å². The normalized spacial score (nSPS) is 16.9. The van der Waals surface area contributed by atoms with E-state index in [4.69, 9.17) is 19.4 Å². The van der Waals surface area contributed by atoms with Crippen molar-refractivity contribution in [1.82, 2.24) is 19.8 Å². The number of methoxy groups -OCH3 is 2. The average Bonchev–Trinajstić information content (AvgIpc) is 3.09. The smallest absolute Gasteiger partial charge is 0.238 e. The number of amides is 1. The van der Waals surface area contributed by atoms with Crippen LogP contribution >= 0.6 is 0 Å². The highest BCUT2D eigenvalue weighted by molar-refractivity contribution is 7.86. The Morgan fingerprint density at radius 3 is 2.17 bits per heavy atom. The summed E-state index contributed by atoms with van der Waals surface area (Å²) in [6.07, 6.45) is 6.15. The molecule has 0 saturated carbocycles. The fourth-order valence-corrected chi connectivity index (χ4v) is 7.01. The number of nitrogens with zero attached hydrogens (tertiary/aromatic N) is 4. The van der Waals surface area contributed by atoms with Gasteiger partial charge < -0.3 is 25.0 Å². The minimum absolute atomic E-state index is 0.0760. The zero-order valence-electron chi connectivity index (χ0n) is 26.3. The highest BCUT2D eigenvalue weighted by atomic mass is 32.2. The average molecular weight is 644 g/mol. The second kappa shape index (κ2) is 14.9. The molecule has 1 amide bonds. The molecular weight excluding hydrogens is 602 g/mol. The first-order chi connectivity index (χ1) is 22.5. The van der Waals surface area contributed by atoms with Crippen molar-refractivity contribution in [3.05, 3.63) is 66.7 Å². The van der Waals surface area contributed by atoms with E-state index in [1.807, 2.05) is 36.4 Å². The molecule has 1 aromatic heterocycles. The fourth-order valence-electron chi connectivity index (χ4n) is 6.14. The Morgan fingerprint density at radius 1 is 0.826 bits per heavy atom. The molecule has 3 heterocycles. The number of ether oxygens (including phenoxy) is 2. The topological polar surface area (TPSA) is 121 Å². The van der Waals surface area contributed by atoms with Gasteiger partial charge in [0.15, 0.2) is 22.6 Å². The predicted molar refractivity (Wildman–Crippen MR) is 182 cm³/mol. The molecule has 2 aliphatic rings. The summed E-state index contributed by atoms with van der Waals surface area (Å²) in [6, 6.07) is 20.6. The van der Waals surface area contributed by atoms with Gasteiger partial charge in [-0.1, -0.05) is 24.6 Å². The minimum Gasteiger partial charge on any atom is -0.497 e. The predicted octanol–water partition coefficient (Wildman–Crippen LogP) is 5.41. The van der Waals surface area contributed by atoms with E-state index in [0.717, 1.165) is 25.9 Å². The summed E-state index contributed by atoms with van der Waals surface area (Å²) >= 11 is 0. The largest absolute Gasteiger partial charge is 0.497 e. The van der Waals surface area contributed by atoms with Crippen molar-refractivity contribution in [3.63, 3.8) is 0 Å². The van der Waals surface area contributed by atoms with Crippen molar-refractivity contribution in [1.29, 1.82) is 0 Å². The number of aromatic nitrogens is 2. The van der Waals surface area contributed by atoms with Crippen molar-refractivity contribution in [2.45, 2.75) is 43.0 Å². The maximum Gasteiger partial charge on any atom is 0.238 e. The standard InChI is InChI=1S/C34H41N7O4S/c1-44-27-19-25(20-28(22-27)45-2)36-33-34(38-31-12-5-4-11-30(31)37-33)39-46(43)29-10-8-9-24(21-29)35-32(42)23-40-17-13-26(14-18-40)41-15-6-3-7-16-41/h4-5,8-12,19-22,26H,3,6-7,13-18,23H2,1-2H3,(H,35,42)(H,36,37)(H,38,39). The molecule has 4 aromatic rings. The maximum atomic E-state index is 13.6. The quantitative estimate of drug-likeness (QED) is 0.197. The first-order valence-electron chi connectivity index (χ1n) is 15.8. The molecule has 2 aliphatic heterocycles. The van der Waals surface area contributed by atoms with Crippen LogP contribution in [0.5, 0.6) is 11.5 Å². The Morgan fingerprint density at radius 2 is 1.50 bits per heavy atom. The Hall–Kier alpha value is -4.26. The van der Waals surface area contributed by atoms with Gasteiger partial charge in [-0.05, 0) is 69.1 Å². The van der Waals surface area contributed by atoms with Crippen LogP contribution in [0.3, 0.4) is 0 Å². The lowest BCUT2D eigenvalue weighted by Gasteiger charge is -2.40. The van der Waals surface area contributed by atoms with Gasteiger partial charge in [0.2, 0.25) is 5.91 Å². The Labute approximate surface area is 272 Å². The number of nitrogens with one attached hydrogen (secondary N) is 3. The molecule has 0 bridgehead atoms. The third-order valence-corrected chi connectivity index (χ3v) is 9.60. The number of para-hydroxylation sites is 2. The second-order valence-electron chi connectivity index (χ2n) is 11.7. The SMILES string of the molecule is COc1cc(Nc2nc3ccccc3nc2NS(=O)c2cccc(NC(=O)CN3CCC(N4CCCCC4)CC3)c2)cc(OC)c1. The first kappa shape index (κ1) is 31.7. The molecule has 46 heavy (non-hydrogen) atoms. The second-order valence-corrected chi connectivity index (χ2v) is 12.9. The molecule has 0 radical (unpaired) electrons. The summed E-state index contributed by atoms with van der Waals surface area (Å²) in [7, 11) is 1.46. The molecule has 3 aromatic carbocycles. The van der Waals surface area contributed by atoms with E-state index in [1.165, 1.54) is 32.4 Å². The van der Waals surface area contributed by atoms with Crippen LogP contribution < -0.4 is 24.8 Å². The number of benzene rings is 3. The van der Waals surface area contributed by atoms with Crippen LogP contribution in [0.15, 0.2) is 71.6 Å². The minimum atomic E-state index is -1.70. The lowest BCUT2D eigenvalue weighted by atomic mass is 10.00. The van der Waals surface area contributed by atoms with Crippen LogP contribution in [0.2, 0.25) is 0 Å². The van der Waals surface area contributed by atoms with Gasteiger partial charge >= 0.3 is 0 Å². The molecule has 12 heteroatoms. The van der Waals surface area contributed by atoms with E-state index < -0.39 is 11.0 Å². The van der Waals surface area contributed by atoms with Crippen LogP contribution in [-0.2, 0) is 15.8 Å². The molecule has 6 rings (SSSR count). The van der Waals surface area contributed by atoms with E-state index in [2.05, 4.69) is 25.2 Å². The number of fused-ring (bicyclic) bond motifs is 1. The van der Waals surface area contributed by atoms with Crippen molar-refractivity contribution in [2.24, 2.45) is 0 Å². The van der Waals surface area contributed by atoms with E-state index in [9.17, 15) is 9.00 Å². The van der Waals surface area contributed by atoms with Crippen molar-refractivity contribution >= 4 is 50.9 Å². The summed E-state index contributed by atoms with van der Waals surface area (Å²) in [5.74, 6) is 1.83. The first-order valence-corrected chi connectivity index (χ1v) is 16.9. The number of rotatable bonds is 11. The molecule has 2 fully saturated rings. The maximum absolute atomic E-state index is 13.6. The third kappa shape index (κ3) is 7.93. The van der Waals surface area contributed by atoms with E-state index in [0.29, 0.717) is 63.0 Å². The highest BCUT2D eigenvalue weighted by Gasteiger charge is 2.26. The van der Waals surface area contributed by atoms with E-state index in [1.54, 1.807) is 44.6 Å². The third-order valence-electron chi connectivity index (χ3n) is 8.54. The van der Waals surface area contributed by atoms with Crippen LogP contribution in [0.1, 0.15) is 32.1 Å². The number of carbonyl (C=O) groups excluding carboxylic acids is 1. The monoisotopic (exact) mass is 643 g/mol. The van der Waals surface area contributed by atoms with Gasteiger partial charge in [0.25, 0.3) is 0 Å². The van der Waals surface area contributed by atoms with Crippen LogP contribution in [0.25, 0.3) is 11.0 Å². The zero-order valence-corrected chi connectivity index (χ0v) is 27.1. The molecule has 1 atom stereocenters. The van der Waals surface area contributed by atoms with Crippen LogP contribution in [0.4, 0.5) is 23.0 Å². The summed E-state index contributed by atoms with van der Waals surface area (Å²) in [4.78, 5) is 27.8. The number of anilines is 4. The van der Waals surface area contributed by atoms with Crippen LogP contribution in [0, 0.1) is 0 Å². The summed E-state index contributed by atoms with van der Waals surface area (Å²) in [5, 5.41) is 6.27. The van der Waals surface area contributed by atoms with Gasteiger partial charge in [-0.25, -0.2) is 14.2 Å². The van der Waals surface area contributed by atoms with Crippen LogP contribution in [-0.4, -0.2) is 82.9 Å². The van der Waals surface area contributed by atoms with Gasteiger partial charge in [0.1, 0.15) is 11.5 Å². The number of piperidine rings is 2. The lowest BCUT2D eigenvalue weighted by Crippen LogP contribution is -2.48. The number of hydrogen-bond donors (Lipinski definition) is 3. The number of carbonyl (C=O) groups is 1. The lowest BCUT2D eigenvalue weighted by molar-refractivity contribution is -0.117. The van der Waals surface area contributed by atoms with E-state index in [-0.39, 0.29) is 5.91 Å². The van der Waals surface area contributed by atoms with Gasteiger partial charge in [-0.2, -0.15) is 0 Å². The summed E-state index contributed by atoms with van der Waals surface area (Å²) < 4.78 is 27.5. The number of hydrogen-bond acceptors (Lipinski definition) is 9. The highest BCUT2D eigenvalue weighted by Crippen LogP contribution is 2.31. The van der Waals surface area contributed by atoms with E-state index >= 15 is 0 Å². The van der Waals surface area contributed by atoms with Gasteiger partial charge in [-0.15, -0.1) is 0 Å². The summed E-state index contributed by atoms with van der Waals surface area (Å²) in [5.41, 5.74) is 2.58. The Bertz CT molecular complexity index is 1670. The molecule has 2 saturated heterocycles. The molecule has 0 aliphatic carbocycles. The Balaban J connectivity index is 1.12. The molecule has 0 spiro atoms. The van der Waals surface area contributed by atoms with Crippen molar-refractivity contribution < 1.29 is 18.5 Å². The number of likely N-dealkylation sites (tertiary alicyclic amines) is 2. The Kier molecular flexibility index (Phi) is 10.3. The van der Waals surface area contributed by atoms with Gasteiger partial charge in [0.05, 0.1) is 36.7 Å².